The summed E-state index contributed by atoms with van der Waals surface area (Å²) in [5.74, 6) is 2.40. The van der Waals surface area contributed by atoms with Crippen molar-refractivity contribution in [1.29, 1.82) is 0 Å². The van der Waals surface area contributed by atoms with Crippen molar-refractivity contribution in [2.24, 2.45) is 18.9 Å². The fourth-order valence-corrected chi connectivity index (χ4v) is 6.37. The molecule has 1 N–H and O–H groups in total. The maximum atomic E-state index is 12.1. The van der Waals surface area contributed by atoms with Gasteiger partial charge in [-0.2, -0.15) is 0 Å². The van der Waals surface area contributed by atoms with E-state index in [1.165, 1.54) is 40.4 Å². The standard InChI is InChI=1S/C18H23N3O.C10H13N/c1-19-18(22)12-7-14-13-5-4-6-15-17(13)11(9-20(15)2)8-16(14)21(3)10-12;1-8-4-5-10(8)9-3-2-6-11-7-9/h4-6,9,12,14,16H,7-8,10H2,1-3H3,(H,19,22);2-3,6-8,10H,4-5H2,1H3/t;8?,10-/m.1/s1. The first-order chi connectivity index (χ1) is 16.0. The van der Waals surface area contributed by atoms with Crippen molar-refractivity contribution >= 4 is 16.8 Å². The lowest BCUT2D eigenvalue weighted by molar-refractivity contribution is -0.126. The first-order valence-electron chi connectivity index (χ1n) is 12.4. The van der Waals surface area contributed by atoms with Crippen molar-refractivity contribution in [3.8, 4) is 0 Å². The molecule has 33 heavy (non-hydrogen) atoms. The van der Waals surface area contributed by atoms with Crippen molar-refractivity contribution in [2.75, 3.05) is 20.6 Å². The minimum atomic E-state index is 0.0942. The monoisotopic (exact) mass is 444 g/mol. The molecule has 5 heteroatoms. The van der Waals surface area contributed by atoms with Gasteiger partial charge in [-0.25, -0.2) is 0 Å². The Balaban J connectivity index is 0.000000174. The highest BCUT2D eigenvalue weighted by Gasteiger charge is 2.41. The number of likely N-dealkylation sites (tertiary alicyclic amines) is 1. The number of nitrogens with zero attached hydrogens (tertiary/aromatic N) is 3. The van der Waals surface area contributed by atoms with Crippen LogP contribution in [0.3, 0.4) is 0 Å². The molecular weight excluding hydrogens is 408 g/mol. The molecule has 2 aromatic heterocycles. The minimum Gasteiger partial charge on any atom is -0.359 e. The van der Waals surface area contributed by atoms with Gasteiger partial charge in [0.2, 0.25) is 5.91 Å². The summed E-state index contributed by atoms with van der Waals surface area (Å²) in [6.45, 7) is 3.18. The number of likely N-dealkylation sites (N-methyl/N-ethyl adjacent to an activating group) is 1. The highest BCUT2D eigenvalue weighted by molar-refractivity contribution is 5.89. The summed E-state index contributed by atoms with van der Waals surface area (Å²) in [7, 11) is 6.04. The van der Waals surface area contributed by atoms with Crippen LogP contribution in [0, 0.1) is 11.8 Å². The van der Waals surface area contributed by atoms with E-state index in [0.717, 1.165) is 31.2 Å². The van der Waals surface area contributed by atoms with E-state index >= 15 is 0 Å². The van der Waals surface area contributed by atoms with Crippen molar-refractivity contribution in [2.45, 2.75) is 50.5 Å². The van der Waals surface area contributed by atoms with Gasteiger partial charge in [-0.15, -0.1) is 0 Å². The Kier molecular flexibility index (Phi) is 6.00. The summed E-state index contributed by atoms with van der Waals surface area (Å²) < 4.78 is 2.24. The molecule has 174 valence electrons. The Morgan fingerprint density at radius 1 is 1.12 bits per heavy atom. The average molecular weight is 445 g/mol. The van der Waals surface area contributed by atoms with E-state index in [-0.39, 0.29) is 11.8 Å². The average Bonchev–Trinajstić information content (AvgIpc) is 3.15. The molecule has 0 spiro atoms. The molecule has 3 aliphatic rings. The number of carbonyl (C=O) groups is 1. The maximum Gasteiger partial charge on any atom is 0.224 e. The summed E-state index contributed by atoms with van der Waals surface area (Å²) in [6.07, 6.45) is 10.9. The lowest BCUT2D eigenvalue weighted by Crippen LogP contribution is -2.51. The van der Waals surface area contributed by atoms with Crippen molar-refractivity contribution in [3.63, 3.8) is 0 Å². The molecule has 0 radical (unpaired) electrons. The van der Waals surface area contributed by atoms with Crippen LogP contribution in [0.25, 0.3) is 10.9 Å². The van der Waals surface area contributed by atoms with Crippen LogP contribution in [-0.4, -0.2) is 47.0 Å². The molecule has 5 atom stereocenters. The van der Waals surface area contributed by atoms with Crippen LogP contribution in [0.2, 0.25) is 0 Å². The maximum absolute atomic E-state index is 12.1. The highest BCUT2D eigenvalue weighted by atomic mass is 16.1. The molecule has 1 saturated carbocycles. The first kappa shape index (κ1) is 22.1. The van der Waals surface area contributed by atoms with Gasteiger partial charge in [0, 0.05) is 62.1 Å². The molecule has 0 bridgehead atoms. The van der Waals surface area contributed by atoms with Gasteiger partial charge < -0.3 is 14.8 Å². The van der Waals surface area contributed by atoms with Gasteiger partial charge >= 0.3 is 0 Å². The fourth-order valence-electron chi connectivity index (χ4n) is 6.37. The molecule has 1 saturated heterocycles. The van der Waals surface area contributed by atoms with Gasteiger partial charge in [-0.3, -0.25) is 9.78 Å². The van der Waals surface area contributed by atoms with Crippen molar-refractivity contribution in [3.05, 3.63) is 65.6 Å². The fraction of sp³-hybridized carbons (Fsp3) is 0.500. The second kappa shape index (κ2) is 8.94. The number of piperidine rings is 1. The van der Waals surface area contributed by atoms with Crippen LogP contribution in [0.4, 0.5) is 0 Å². The molecule has 1 aliphatic heterocycles. The van der Waals surface area contributed by atoms with Crippen molar-refractivity contribution in [1.82, 2.24) is 19.8 Å². The van der Waals surface area contributed by atoms with Gasteiger partial charge in [0.1, 0.15) is 0 Å². The predicted molar refractivity (Wildman–Crippen MR) is 133 cm³/mol. The van der Waals surface area contributed by atoms with Gasteiger partial charge in [-0.05, 0) is 73.4 Å². The summed E-state index contributed by atoms with van der Waals surface area (Å²) >= 11 is 0. The summed E-state index contributed by atoms with van der Waals surface area (Å²) in [4.78, 5) is 18.7. The third kappa shape index (κ3) is 3.97. The normalized spacial score (nSPS) is 28.3. The summed E-state index contributed by atoms with van der Waals surface area (Å²) in [5.41, 5.74) is 5.63. The quantitative estimate of drug-likeness (QED) is 0.634. The lowest BCUT2D eigenvalue weighted by atomic mass is 9.72. The number of pyridine rings is 1. The number of carbonyl (C=O) groups excluding carboxylic acids is 1. The smallest absolute Gasteiger partial charge is 0.224 e. The molecule has 3 aromatic rings. The number of hydrogen-bond donors (Lipinski definition) is 1. The Bertz CT molecular complexity index is 1140. The summed E-state index contributed by atoms with van der Waals surface area (Å²) in [6, 6.07) is 11.4. The Morgan fingerprint density at radius 2 is 1.97 bits per heavy atom. The second-order valence-corrected chi connectivity index (χ2v) is 10.3. The number of fused-ring (bicyclic) bond motifs is 2. The summed E-state index contributed by atoms with van der Waals surface area (Å²) in [5, 5.41) is 4.26. The van der Waals surface area contributed by atoms with Crippen LogP contribution < -0.4 is 5.32 Å². The Morgan fingerprint density at radius 3 is 2.64 bits per heavy atom. The molecule has 2 aliphatic carbocycles. The van der Waals surface area contributed by atoms with E-state index < -0.39 is 0 Å². The zero-order chi connectivity index (χ0) is 23.1. The van der Waals surface area contributed by atoms with Crippen LogP contribution in [0.15, 0.2) is 48.9 Å². The molecule has 5 nitrogen and oxygen atoms in total. The van der Waals surface area contributed by atoms with Crippen LogP contribution >= 0.6 is 0 Å². The largest absolute Gasteiger partial charge is 0.359 e. The Labute approximate surface area is 197 Å². The molecule has 1 aromatic carbocycles. The molecule has 1 amide bonds. The molecule has 2 fully saturated rings. The van der Waals surface area contributed by atoms with Gasteiger partial charge in [0.25, 0.3) is 0 Å². The van der Waals surface area contributed by atoms with Gasteiger partial charge in [0.15, 0.2) is 0 Å². The molecule has 3 heterocycles. The van der Waals surface area contributed by atoms with Gasteiger partial charge in [0.05, 0.1) is 5.92 Å². The second-order valence-electron chi connectivity index (χ2n) is 10.3. The van der Waals surface area contributed by atoms with E-state index in [9.17, 15) is 4.79 Å². The number of rotatable bonds is 2. The predicted octanol–water partition coefficient (Wildman–Crippen LogP) is 4.48. The number of aromatic nitrogens is 2. The van der Waals surface area contributed by atoms with Crippen LogP contribution in [-0.2, 0) is 18.3 Å². The number of amides is 1. The van der Waals surface area contributed by atoms with Crippen LogP contribution in [0.5, 0.6) is 0 Å². The van der Waals surface area contributed by atoms with E-state index in [1.54, 1.807) is 7.05 Å². The number of benzene rings is 1. The van der Waals surface area contributed by atoms with Crippen molar-refractivity contribution < 1.29 is 4.79 Å². The third-order valence-electron chi connectivity index (χ3n) is 8.38. The zero-order valence-electron chi connectivity index (χ0n) is 20.3. The topological polar surface area (TPSA) is 50.2 Å². The number of hydrogen-bond acceptors (Lipinski definition) is 3. The third-order valence-corrected chi connectivity index (χ3v) is 8.38. The molecule has 4 unspecified atom stereocenters. The molecule has 6 rings (SSSR count). The van der Waals surface area contributed by atoms with E-state index in [4.69, 9.17) is 0 Å². The lowest BCUT2D eigenvalue weighted by Gasteiger charge is -2.45. The highest BCUT2D eigenvalue weighted by Crippen LogP contribution is 2.45. The van der Waals surface area contributed by atoms with E-state index in [1.807, 2.05) is 18.5 Å². The van der Waals surface area contributed by atoms with E-state index in [0.29, 0.717) is 12.0 Å². The number of aryl methyl sites for hydroxylation is 1. The Hall–Kier alpha value is -2.66. The zero-order valence-corrected chi connectivity index (χ0v) is 20.3. The minimum absolute atomic E-state index is 0.0942. The van der Waals surface area contributed by atoms with E-state index in [2.05, 4.69) is 71.2 Å². The first-order valence-corrected chi connectivity index (χ1v) is 12.4. The number of nitrogens with one attached hydrogen (secondary N) is 1. The SMILES string of the molecule is CC1CC[C@H]1c1cccnc1.CNC(=O)C1CC2c3cccc4c3c(cn4C)CC2N(C)C1. The van der Waals surface area contributed by atoms with Gasteiger partial charge in [-0.1, -0.05) is 25.1 Å². The van der Waals surface area contributed by atoms with Crippen LogP contribution in [0.1, 0.15) is 54.7 Å². The molecular formula is C28H36N4O.